The highest BCUT2D eigenvalue weighted by molar-refractivity contribution is 5.75. The largest absolute Gasteiger partial charge is 0.350 e. The molecule has 3 N–H and O–H groups in total. The zero-order valence-electron chi connectivity index (χ0n) is 9.52. The summed E-state index contributed by atoms with van der Waals surface area (Å²) >= 11 is 0. The first-order chi connectivity index (χ1) is 7.72. The summed E-state index contributed by atoms with van der Waals surface area (Å²) in [5.41, 5.74) is 6.24. The van der Waals surface area contributed by atoms with Crippen LogP contribution in [0.5, 0.6) is 0 Å². The van der Waals surface area contributed by atoms with Crippen molar-refractivity contribution in [1.29, 1.82) is 0 Å². The second-order valence-corrected chi connectivity index (χ2v) is 3.87. The number of nitrogens with zero attached hydrogens (tertiary/aromatic N) is 2. The van der Waals surface area contributed by atoms with Crippen LogP contribution in [0, 0.1) is 5.92 Å². The number of nitrogens with one attached hydrogen (secondary N) is 1. The van der Waals surface area contributed by atoms with Gasteiger partial charge in [-0.1, -0.05) is 6.92 Å². The molecule has 0 aliphatic rings. The van der Waals surface area contributed by atoms with Crippen molar-refractivity contribution in [3.05, 3.63) is 24.0 Å². The highest BCUT2D eigenvalue weighted by Gasteiger charge is 2.05. The average molecular weight is 222 g/mol. The molecule has 0 bridgehead atoms. The third kappa shape index (κ3) is 4.84. The maximum atomic E-state index is 11.4. The minimum atomic E-state index is 0.0333. The van der Waals surface area contributed by atoms with Crippen LogP contribution >= 0.6 is 0 Å². The molecule has 1 heterocycles. The Bertz CT molecular complexity index is 315. The molecule has 0 saturated heterocycles. The smallest absolute Gasteiger partial charge is 0.220 e. The van der Waals surface area contributed by atoms with Crippen LogP contribution in [0.25, 0.3) is 0 Å². The summed E-state index contributed by atoms with van der Waals surface area (Å²) in [5.74, 6) is 0.424. The van der Waals surface area contributed by atoms with E-state index in [0.717, 1.165) is 12.1 Å². The Hall–Kier alpha value is -1.49. The van der Waals surface area contributed by atoms with Crippen molar-refractivity contribution in [3.8, 4) is 0 Å². The first-order valence-corrected chi connectivity index (χ1v) is 5.45. The first kappa shape index (κ1) is 12.6. The minimum absolute atomic E-state index is 0.0333. The summed E-state index contributed by atoms with van der Waals surface area (Å²) in [7, 11) is 0. The van der Waals surface area contributed by atoms with Gasteiger partial charge in [-0.3, -0.25) is 4.79 Å². The number of carbonyl (C=O) groups is 1. The maximum absolute atomic E-state index is 11.4. The lowest BCUT2D eigenvalue weighted by Gasteiger charge is -2.08. The lowest BCUT2D eigenvalue weighted by Crippen LogP contribution is -2.24. The zero-order valence-corrected chi connectivity index (χ0v) is 9.52. The van der Waals surface area contributed by atoms with Crippen LogP contribution in [0.15, 0.2) is 18.3 Å². The van der Waals surface area contributed by atoms with Gasteiger partial charge in [-0.05, 0) is 31.0 Å². The van der Waals surface area contributed by atoms with Gasteiger partial charge in [-0.25, -0.2) is 0 Å². The van der Waals surface area contributed by atoms with E-state index in [1.807, 2.05) is 13.0 Å². The highest BCUT2D eigenvalue weighted by Crippen LogP contribution is 2.02. The molecule has 0 aliphatic carbocycles. The Balaban J connectivity index is 2.20. The van der Waals surface area contributed by atoms with Crippen LogP contribution in [-0.4, -0.2) is 22.6 Å². The Morgan fingerprint density at radius 1 is 1.62 bits per heavy atom. The number of carbonyl (C=O) groups excluding carboxylic acids is 1. The van der Waals surface area contributed by atoms with Crippen LogP contribution in [0.2, 0.25) is 0 Å². The van der Waals surface area contributed by atoms with E-state index < -0.39 is 0 Å². The summed E-state index contributed by atoms with van der Waals surface area (Å²) in [6, 6.07) is 3.63. The molecule has 0 fully saturated rings. The molecule has 1 atom stereocenters. The van der Waals surface area contributed by atoms with E-state index in [0.29, 0.717) is 25.4 Å². The van der Waals surface area contributed by atoms with Crippen molar-refractivity contribution >= 4 is 5.91 Å². The predicted molar refractivity (Wildman–Crippen MR) is 61.3 cm³/mol. The molecule has 0 radical (unpaired) electrons. The number of amides is 1. The number of hydrogen-bond acceptors (Lipinski definition) is 4. The van der Waals surface area contributed by atoms with Gasteiger partial charge in [0.05, 0.1) is 12.2 Å². The summed E-state index contributed by atoms with van der Waals surface area (Å²) in [6.07, 6.45) is 2.94. The van der Waals surface area contributed by atoms with Crippen LogP contribution in [0.1, 0.15) is 25.5 Å². The summed E-state index contributed by atoms with van der Waals surface area (Å²) in [5, 5.41) is 10.4. The molecule has 5 heteroatoms. The molecule has 0 aromatic carbocycles. The number of rotatable bonds is 6. The normalized spacial score (nSPS) is 12.1. The van der Waals surface area contributed by atoms with Gasteiger partial charge in [0.1, 0.15) is 0 Å². The Labute approximate surface area is 95.4 Å². The van der Waals surface area contributed by atoms with Crippen LogP contribution < -0.4 is 11.1 Å². The first-order valence-electron chi connectivity index (χ1n) is 5.45. The van der Waals surface area contributed by atoms with Gasteiger partial charge in [-0.15, -0.1) is 0 Å². The number of nitrogens with two attached hydrogens (primary N) is 1. The van der Waals surface area contributed by atoms with E-state index in [2.05, 4.69) is 15.5 Å². The molecule has 1 rings (SSSR count). The fraction of sp³-hybridized carbons (Fsp3) is 0.545. The predicted octanol–water partition coefficient (Wildman–Crippen LogP) is 0.468. The molecule has 0 spiro atoms. The lowest BCUT2D eigenvalue weighted by atomic mass is 10.1. The molecule has 1 amide bonds. The van der Waals surface area contributed by atoms with Gasteiger partial charge in [-0.2, -0.15) is 10.2 Å². The van der Waals surface area contributed by atoms with Gasteiger partial charge < -0.3 is 11.1 Å². The fourth-order valence-corrected chi connectivity index (χ4v) is 1.20. The van der Waals surface area contributed by atoms with E-state index in [1.54, 1.807) is 12.3 Å². The quantitative estimate of drug-likeness (QED) is 0.733. The van der Waals surface area contributed by atoms with E-state index in [9.17, 15) is 4.79 Å². The van der Waals surface area contributed by atoms with Gasteiger partial charge in [0, 0.05) is 12.6 Å². The van der Waals surface area contributed by atoms with Crippen molar-refractivity contribution in [2.75, 3.05) is 6.54 Å². The maximum Gasteiger partial charge on any atom is 0.220 e. The molecular weight excluding hydrogens is 204 g/mol. The standard InChI is InChI=1S/C11H18N4O/c1-9(7-12)4-5-11(16)13-8-10-3-2-6-14-15-10/h2-3,6,9H,4-5,7-8,12H2,1H3,(H,13,16). The minimum Gasteiger partial charge on any atom is -0.350 e. The van der Waals surface area contributed by atoms with Crippen molar-refractivity contribution in [1.82, 2.24) is 15.5 Å². The number of aromatic nitrogens is 2. The average Bonchev–Trinajstić information content (AvgIpc) is 2.34. The van der Waals surface area contributed by atoms with Gasteiger partial charge in [0.25, 0.3) is 0 Å². The highest BCUT2D eigenvalue weighted by atomic mass is 16.1. The van der Waals surface area contributed by atoms with Gasteiger partial charge >= 0.3 is 0 Å². The third-order valence-electron chi connectivity index (χ3n) is 2.36. The number of hydrogen-bond donors (Lipinski definition) is 2. The van der Waals surface area contributed by atoms with Crippen LogP contribution in [-0.2, 0) is 11.3 Å². The Morgan fingerprint density at radius 2 is 2.44 bits per heavy atom. The second kappa shape index (κ2) is 6.90. The van der Waals surface area contributed by atoms with Crippen LogP contribution in [0.3, 0.4) is 0 Å². The summed E-state index contributed by atoms with van der Waals surface area (Å²) in [6.45, 7) is 3.09. The van der Waals surface area contributed by atoms with Crippen molar-refractivity contribution < 1.29 is 4.79 Å². The molecule has 5 nitrogen and oxygen atoms in total. The Morgan fingerprint density at radius 3 is 3.06 bits per heavy atom. The molecule has 88 valence electrons. The van der Waals surface area contributed by atoms with Crippen molar-refractivity contribution in [2.45, 2.75) is 26.3 Å². The van der Waals surface area contributed by atoms with Crippen molar-refractivity contribution in [2.24, 2.45) is 11.7 Å². The van der Waals surface area contributed by atoms with Crippen LogP contribution in [0.4, 0.5) is 0 Å². The lowest BCUT2D eigenvalue weighted by molar-refractivity contribution is -0.121. The topological polar surface area (TPSA) is 80.9 Å². The van der Waals surface area contributed by atoms with Gasteiger partial charge in [0.2, 0.25) is 5.91 Å². The summed E-state index contributed by atoms with van der Waals surface area (Å²) in [4.78, 5) is 11.4. The third-order valence-corrected chi connectivity index (χ3v) is 2.36. The van der Waals surface area contributed by atoms with E-state index in [-0.39, 0.29) is 5.91 Å². The zero-order chi connectivity index (χ0) is 11.8. The van der Waals surface area contributed by atoms with E-state index >= 15 is 0 Å². The molecule has 1 aromatic heterocycles. The van der Waals surface area contributed by atoms with E-state index in [4.69, 9.17) is 5.73 Å². The molecular formula is C11H18N4O. The Kier molecular flexibility index (Phi) is 5.42. The molecule has 0 aliphatic heterocycles. The fourth-order valence-electron chi connectivity index (χ4n) is 1.20. The molecule has 1 aromatic rings. The molecule has 16 heavy (non-hydrogen) atoms. The SMILES string of the molecule is CC(CN)CCC(=O)NCc1cccnn1. The summed E-state index contributed by atoms with van der Waals surface area (Å²) < 4.78 is 0. The van der Waals surface area contributed by atoms with Gasteiger partial charge in [0.15, 0.2) is 0 Å². The van der Waals surface area contributed by atoms with Crippen molar-refractivity contribution in [3.63, 3.8) is 0 Å². The second-order valence-electron chi connectivity index (χ2n) is 3.87. The van der Waals surface area contributed by atoms with E-state index in [1.165, 1.54) is 0 Å². The monoisotopic (exact) mass is 222 g/mol. The molecule has 1 unspecified atom stereocenters. The molecule has 0 saturated carbocycles.